The van der Waals surface area contributed by atoms with Gasteiger partial charge in [-0.05, 0) is 12.5 Å². The van der Waals surface area contributed by atoms with Gasteiger partial charge >= 0.3 is 18.4 Å². The Morgan fingerprint density at radius 2 is 1.92 bits per heavy atom. The Labute approximate surface area is 199 Å². The van der Waals surface area contributed by atoms with Crippen molar-refractivity contribution in [2.45, 2.75) is 30.9 Å². The van der Waals surface area contributed by atoms with Crippen molar-refractivity contribution in [3.63, 3.8) is 0 Å². The van der Waals surface area contributed by atoms with Gasteiger partial charge in [-0.15, -0.1) is 0 Å². The van der Waals surface area contributed by atoms with Crippen molar-refractivity contribution in [3.05, 3.63) is 35.7 Å². The van der Waals surface area contributed by atoms with Gasteiger partial charge in [0.25, 0.3) is 0 Å². The van der Waals surface area contributed by atoms with E-state index in [-0.39, 0.29) is 22.9 Å². The van der Waals surface area contributed by atoms with E-state index < -0.39 is 52.6 Å². The molecule has 5 N–H and O–H groups in total. The third-order valence-electron chi connectivity index (χ3n) is 5.57. The van der Waals surface area contributed by atoms with Crippen LogP contribution < -0.4 is 16.0 Å². The standard InChI is InChI=1S/C21H20F6N6O3/c1-36-19(35)32-14-3-2-11-12(7-29-17(11)15(14)21(25,26)27)16-13(20(22,23)24)8-30-18(33-16)31-9-4-10(34)6-28-5-9/h2-3,7-10,28-29,34H,4-6H2,1H3,(H,32,35)(H,30,31,33)/t9-,10+/m0/s1. The van der Waals surface area contributed by atoms with E-state index in [4.69, 9.17) is 0 Å². The van der Waals surface area contributed by atoms with Crippen LogP contribution in [0.1, 0.15) is 17.5 Å². The van der Waals surface area contributed by atoms with Crippen LogP contribution in [0.25, 0.3) is 22.2 Å². The van der Waals surface area contributed by atoms with Crippen molar-refractivity contribution in [2.75, 3.05) is 30.8 Å². The van der Waals surface area contributed by atoms with Gasteiger partial charge in [-0.3, -0.25) is 5.32 Å². The quantitative estimate of drug-likeness (QED) is 0.331. The lowest BCUT2D eigenvalue weighted by Crippen LogP contribution is -2.46. The van der Waals surface area contributed by atoms with Crippen molar-refractivity contribution in [1.29, 1.82) is 0 Å². The minimum absolute atomic E-state index is 0.187. The molecule has 1 fully saturated rings. The summed E-state index contributed by atoms with van der Waals surface area (Å²) >= 11 is 0. The predicted octanol–water partition coefficient (Wildman–Crippen LogP) is 3.98. The molecule has 4 rings (SSSR count). The molecule has 0 unspecified atom stereocenters. The summed E-state index contributed by atoms with van der Waals surface area (Å²) in [6, 6.07) is 1.67. The first-order valence-corrected chi connectivity index (χ1v) is 10.5. The molecule has 0 spiro atoms. The Hall–Kier alpha value is -3.59. The average Bonchev–Trinajstić information content (AvgIpc) is 3.21. The zero-order chi connectivity index (χ0) is 26.3. The molecule has 0 aliphatic carbocycles. The third kappa shape index (κ3) is 5.16. The SMILES string of the molecule is COC(=O)Nc1ccc2c(-c3nc(N[C@@H]4CNC[C@H](O)C4)ncc3C(F)(F)F)c[nH]c2c1C(F)(F)F. The normalized spacial score (nSPS) is 18.8. The Kier molecular flexibility index (Phi) is 6.70. The van der Waals surface area contributed by atoms with Gasteiger partial charge < -0.3 is 25.5 Å². The van der Waals surface area contributed by atoms with Crippen LogP contribution in [0, 0.1) is 0 Å². The highest BCUT2D eigenvalue weighted by Gasteiger charge is 2.39. The van der Waals surface area contributed by atoms with Crippen LogP contribution in [0.3, 0.4) is 0 Å². The number of aromatic nitrogens is 3. The maximum Gasteiger partial charge on any atom is 0.420 e. The van der Waals surface area contributed by atoms with Crippen molar-refractivity contribution >= 4 is 28.6 Å². The van der Waals surface area contributed by atoms with E-state index in [1.54, 1.807) is 0 Å². The Morgan fingerprint density at radius 1 is 1.17 bits per heavy atom. The number of carbonyl (C=O) groups excluding carboxylic acids is 1. The number of aromatic amines is 1. The van der Waals surface area contributed by atoms with Crippen molar-refractivity contribution in [1.82, 2.24) is 20.3 Å². The molecule has 36 heavy (non-hydrogen) atoms. The van der Waals surface area contributed by atoms with Crippen LogP contribution in [0.5, 0.6) is 0 Å². The van der Waals surface area contributed by atoms with E-state index in [1.165, 1.54) is 0 Å². The molecule has 1 saturated heterocycles. The molecule has 194 valence electrons. The summed E-state index contributed by atoms with van der Waals surface area (Å²) in [6.45, 7) is 0.760. The first kappa shape index (κ1) is 25.5. The maximum absolute atomic E-state index is 13.9. The summed E-state index contributed by atoms with van der Waals surface area (Å²) in [4.78, 5) is 21.6. The molecular formula is C21H20F6N6O3. The summed E-state index contributed by atoms with van der Waals surface area (Å²) in [7, 11) is 0.970. The number of carbonyl (C=O) groups is 1. The molecule has 1 aliphatic heterocycles. The second-order valence-electron chi connectivity index (χ2n) is 8.07. The molecule has 3 heterocycles. The van der Waals surface area contributed by atoms with Crippen molar-refractivity contribution in [2.24, 2.45) is 0 Å². The van der Waals surface area contributed by atoms with Gasteiger partial charge in [0.1, 0.15) is 11.1 Å². The number of anilines is 2. The first-order valence-electron chi connectivity index (χ1n) is 10.5. The molecule has 9 nitrogen and oxygen atoms in total. The molecule has 15 heteroatoms. The number of benzene rings is 1. The Balaban J connectivity index is 1.84. The minimum atomic E-state index is -4.97. The van der Waals surface area contributed by atoms with Crippen LogP contribution in [0.4, 0.5) is 42.8 Å². The first-order chi connectivity index (χ1) is 16.9. The highest BCUT2D eigenvalue weighted by Crippen LogP contribution is 2.44. The number of piperidine rings is 1. The number of methoxy groups -OCH3 is 1. The number of nitrogens with zero attached hydrogens (tertiary/aromatic N) is 2. The number of amides is 1. The van der Waals surface area contributed by atoms with E-state index >= 15 is 0 Å². The summed E-state index contributed by atoms with van der Waals surface area (Å²) in [5.74, 6) is -0.187. The molecule has 3 aromatic rings. The fraction of sp³-hybridized carbons (Fsp3) is 0.381. The Morgan fingerprint density at radius 3 is 2.56 bits per heavy atom. The topological polar surface area (TPSA) is 124 Å². The van der Waals surface area contributed by atoms with E-state index in [1.807, 2.05) is 5.32 Å². The second-order valence-corrected chi connectivity index (χ2v) is 8.07. The van der Waals surface area contributed by atoms with Gasteiger partial charge in [0.15, 0.2) is 0 Å². The van der Waals surface area contributed by atoms with Crippen LogP contribution in [-0.4, -0.2) is 58.5 Å². The van der Waals surface area contributed by atoms with Gasteiger partial charge in [-0.25, -0.2) is 14.8 Å². The largest absolute Gasteiger partial charge is 0.453 e. The number of aliphatic hydroxyl groups excluding tert-OH is 1. The van der Waals surface area contributed by atoms with Gasteiger partial charge in [0, 0.05) is 42.5 Å². The van der Waals surface area contributed by atoms with E-state index in [0.717, 1.165) is 25.4 Å². The molecule has 0 radical (unpaired) electrons. The monoisotopic (exact) mass is 518 g/mol. The predicted molar refractivity (Wildman–Crippen MR) is 116 cm³/mol. The number of H-pyrrole nitrogens is 1. The number of halogens is 6. The molecule has 0 saturated carbocycles. The summed E-state index contributed by atoms with van der Waals surface area (Å²) in [5.41, 5.74) is -4.62. The van der Waals surface area contributed by atoms with Crippen LogP contribution in [-0.2, 0) is 17.1 Å². The molecular weight excluding hydrogens is 498 g/mol. The fourth-order valence-electron chi connectivity index (χ4n) is 4.03. The minimum Gasteiger partial charge on any atom is -0.453 e. The lowest BCUT2D eigenvalue weighted by Gasteiger charge is -2.27. The van der Waals surface area contributed by atoms with Crippen molar-refractivity contribution in [3.8, 4) is 11.3 Å². The summed E-state index contributed by atoms with van der Waals surface area (Å²) in [6.07, 6.45) is -9.88. The number of hydrogen-bond acceptors (Lipinski definition) is 7. The average molecular weight is 518 g/mol. The fourth-order valence-corrected chi connectivity index (χ4v) is 4.03. The third-order valence-corrected chi connectivity index (χ3v) is 5.57. The number of rotatable bonds is 4. The number of ether oxygens (including phenoxy) is 1. The highest BCUT2D eigenvalue weighted by molar-refractivity contribution is 6.01. The summed E-state index contributed by atoms with van der Waals surface area (Å²) in [5, 5.41) is 17.3. The number of hydrogen-bond donors (Lipinski definition) is 5. The van der Waals surface area contributed by atoms with Crippen LogP contribution in [0.2, 0.25) is 0 Å². The van der Waals surface area contributed by atoms with Crippen LogP contribution >= 0.6 is 0 Å². The molecule has 1 aromatic carbocycles. The van der Waals surface area contributed by atoms with Crippen LogP contribution in [0.15, 0.2) is 24.5 Å². The molecule has 1 amide bonds. The molecule has 2 aromatic heterocycles. The van der Waals surface area contributed by atoms with Crippen molar-refractivity contribution < 1.29 is 41.0 Å². The van der Waals surface area contributed by atoms with E-state index in [9.17, 15) is 36.2 Å². The summed E-state index contributed by atoms with van der Waals surface area (Å²) < 4.78 is 87.5. The number of nitrogens with one attached hydrogen (secondary N) is 4. The smallest absolute Gasteiger partial charge is 0.420 e. The lowest BCUT2D eigenvalue weighted by atomic mass is 10.0. The van der Waals surface area contributed by atoms with Gasteiger partial charge in [0.05, 0.1) is 30.1 Å². The zero-order valence-electron chi connectivity index (χ0n) is 18.5. The lowest BCUT2D eigenvalue weighted by molar-refractivity contribution is -0.137. The second kappa shape index (κ2) is 9.46. The highest BCUT2D eigenvalue weighted by atomic mass is 19.4. The number of alkyl halides is 6. The van der Waals surface area contributed by atoms with E-state index in [2.05, 4.69) is 30.3 Å². The zero-order valence-corrected chi connectivity index (χ0v) is 18.5. The number of fused-ring (bicyclic) bond motifs is 1. The molecule has 1 aliphatic rings. The van der Waals surface area contributed by atoms with Gasteiger partial charge in [-0.2, -0.15) is 26.3 Å². The number of β-amino-alcohol motifs (C(OH)–C–C–N with tert-alkyl or cyclic N) is 1. The Bertz CT molecular complexity index is 1280. The number of aliphatic hydroxyl groups is 1. The van der Waals surface area contributed by atoms with Gasteiger partial charge in [-0.1, -0.05) is 6.07 Å². The van der Waals surface area contributed by atoms with E-state index in [0.29, 0.717) is 25.7 Å². The molecule has 0 bridgehead atoms. The maximum atomic E-state index is 13.9. The van der Waals surface area contributed by atoms with Gasteiger partial charge in [0.2, 0.25) is 5.95 Å². The molecule has 2 atom stereocenters.